The van der Waals surface area contributed by atoms with E-state index in [4.69, 9.17) is 10.2 Å². The van der Waals surface area contributed by atoms with Crippen molar-refractivity contribution >= 4 is 0 Å². The van der Waals surface area contributed by atoms with E-state index >= 15 is 0 Å². The zero-order valence-corrected chi connectivity index (χ0v) is 5.26. The SMILES string of the molecule is C#CCO.CC(C)O. The van der Waals surface area contributed by atoms with Crippen LogP contribution in [0.15, 0.2) is 0 Å². The molecule has 0 aliphatic heterocycles. The number of terminal acetylenes is 1. The molecule has 0 aromatic carbocycles. The highest BCUT2D eigenvalue weighted by Crippen LogP contribution is 1.65. The highest BCUT2D eigenvalue weighted by Gasteiger charge is 1.69. The molecule has 48 valence electrons. The van der Waals surface area contributed by atoms with Gasteiger partial charge in [0.15, 0.2) is 0 Å². The Hall–Kier alpha value is -0.520. The predicted molar refractivity (Wildman–Crippen MR) is 33.3 cm³/mol. The Balaban J connectivity index is 0. The maximum absolute atomic E-state index is 8.06. The lowest BCUT2D eigenvalue weighted by molar-refractivity contribution is 0.216. The van der Waals surface area contributed by atoms with Crippen LogP contribution in [-0.2, 0) is 0 Å². The summed E-state index contributed by atoms with van der Waals surface area (Å²) in [6, 6.07) is 0. The van der Waals surface area contributed by atoms with Gasteiger partial charge in [0, 0.05) is 6.10 Å². The molecule has 0 aliphatic carbocycles. The normalized spacial score (nSPS) is 7.00. The highest BCUT2D eigenvalue weighted by atomic mass is 16.3. The van der Waals surface area contributed by atoms with E-state index in [1.165, 1.54) is 0 Å². The van der Waals surface area contributed by atoms with E-state index in [1.54, 1.807) is 13.8 Å². The van der Waals surface area contributed by atoms with E-state index in [0.717, 1.165) is 0 Å². The molecule has 2 heteroatoms. The fourth-order valence-electron chi connectivity index (χ4n) is 0. The van der Waals surface area contributed by atoms with Gasteiger partial charge >= 0.3 is 0 Å². The van der Waals surface area contributed by atoms with Gasteiger partial charge in [0.25, 0.3) is 0 Å². The summed E-state index contributed by atoms with van der Waals surface area (Å²) >= 11 is 0. The molecule has 2 N–H and O–H groups in total. The molecule has 0 saturated carbocycles. The van der Waals surface area contributed by atoms with Crippen molar-refractivity contribution < 1.29 is 10.2 Å². The Labute approximate surface area is 50.2 Å². The smallest absolute Gasteiger partial charge is 0.103 e. The topological polar surface area (TPSA) is 40.5 Å². The first-order valence-electron chi connectivity index (χ1n) is 2.37. The zero-order valence-electron chi connectivity index (χ0n) is 5.26. The maximum atomic E-state index is 8.06. The van der Waals surface area contributed by atoms with Gasteiger partial charge in [-0.2, -0.15) is 0 Å². The fraction of sp³-hybridized carbons (Fsp3) is 0.667. The van der Waals surface area contributed by atoms with Gasteiger partial charge in [0.1, 0.15) is 6.61 Å². The Morgan fingerprint density at radius 2 is 1.75 bits per heavy atom. The summed E-state index contributed by atoms with van der Waals surface area (Å²) in [6.07, 6.45) is 4.36. The predicted octanol–water partition coefficient (Wildman–Crippen LogP) is -0.00100. The van der Waals surface area contributed by atoms with Crippen LogP contribution in [0.4, 0.5) is 0 Å². The fourth-order valence-corrected chi connectivity index (χ4v) is 0. The van der Waals surface area contributed by atoms with Crippen molar-refractivity contribution in [3.8, 4) is 12.3 Å². The Kier molecular flexibility index (Phi) is 12.7. The molecule has 0 radical (unpaired) electrons. The lowest BCUT2D eigenvalue weighted by Gasteiger charge is -1.80. The summed E-state index contributed by atoms with van der Waals surface area (Å²) in [7, 11) is 0. The van der Waals surface area contributed by atoms with Gasteiger partial charge in [-0.3, -0.25) is 0 Å². The Morgan fingerprint density at radius 3 is 1.75 bits per heavy atom. The minimum absolute atomic E-state index is 0.153. The first-order chi connectivity index (χ1) is 3.65. The third-order valence-corrected chi connectivity index (χ3v) is 0.0913. The van der Waals surface area contributed by atoms with Gasteiger partial charge in [-0.05, 0) is 13.8 Å². The van der Waals surface area contributed by atoms with Gasteiger partial charge in [0.05, 0.1) is 0 Å². The van der Waals surface area contributed by atoms with E-state index in [9.17, 15) is 0 Å². The van der Waals surface area contributed by atoms with E-state index < -0.39 is 0 Å². The van der Waals surface area contributed by atoms with Crippen molar-refractivity contribution in [3.63, 3.8) is 0 Å². The van der Waals surface area contributed by atoms with E-state index in [2.05, 4.69) is 6.42 Å². The van der Waals surface area contributed by atoms with Crippen molar-refractivity contribution in [2.75, 3.05) is 6.61 Å². The zero-order chi connectivity index (χ0) is 6.99. The Bertz CT molecular complexity index is 58.7. The molecule has 2 nitrogen and oxygen atoms in total. The van der Waals surface area contributed by atoms with Crippen LogP contribution in [-0.4, -0.2) is 22.9 Å². The van der Waals surface area contributed by atoms with Gasteiger partial charge in [0.2, 0.25) is 0 Å². The molecule has 0 aliphatic rings. The molecular weight excluding hydrogens is 104 g/mol. The van der Waals surface area contributed by atoms with Crippen molar-refractivity contribution in [1.82, 2.24) is 0 Å². The van der Waals surface area contributed by atoms with Crippen LogP contribution in [0.5, 0.6) is 0 Å². The van der Waals surface area contributed by atoms with Crippen molar-refractivity contribution in [2.24, 2.45) is 0 Å². The Morgan fingerprint density at radius 1 is 1.62 bits per heavy atom. The van der Waals surface area contributed by atoms with Crippen LogP contribution in [0.25, 0.3) is 0 Å². The number of aliphatic hydroxyl groups is 2. The summed E-state index contributed by atoms with van der Waals surface area (Å²) in [6.45, 7) is 3.29. The quantitative estimate of drug-likeness (QED) is 0.437. The van der Waals surface area contributed by atoms with Gasteiger partial charge in [-0.15, -0.1) is 6.42 Å². The van der Waals surface area contributed by atoms with Gasteiger partial charge < -0.3 is 10.2 Å². The molecule has 0 aromatic heterocycles. The summed E-state index contributed by atoms with van der Waals surface area (Å²) in [5.74, 6) is 1.99. The van der Waals surface area contributed by atoms with Crippen LogP contribution in [0.3, 0.4) is 0 Å². The summed E-state index contributed by atoms with van der Waals surface area (Å²) < 4.78 is 0. The number of hydrogen-bond donors (Lipinski definition) is 2. The van der Waals surface area contributed by atoms with E-state index in [0.29, 0.717) is 0 Å². The standard InChI is InChI=1S/C3H8O.C3H4O/c1-3(2)4;1-2-3-4/h3-4H,1-2H3;1,4H,3H2. The minimum Gasteiger partial charge on any atom is -0.394 e. The number of rotatable bonds is 0. The summed E-state index contributed by atoms with van der Waals surface area (Å²) in [5.41, 5.74) is 0. The first kappa shape index (κ1) is 10.5. The number of hydrogen-bond acceptors (Lipinski definition) is 2. The molecule has 0 unspecified atom stereocenters. The molecule has 0 spiro atoms. The average molecular weight is 116 g/mol. The van der Waals surface area contributed by atoms with E-state index in [1.807, 2.05) is 5.92 Å². The second-order valence-electron chi connectivity index (χ2n) is 1.46. The highest BCUT2D eigenvalue weighted by molar-refractivity contribution is 4.81. The molecular formula is C6H12O2. The second kappa shape index (κ2) is 9.70. The first-order valence-corrected chi connectivity index (χ1v) is 2.37. The molecule has 0 aromatic rings. The monoisotopic (exact) mass is 116 g/mol. The van der Waals surface area contributed by atoms with Crippen LogP contribution in [0.1, 0.15) is 13.8 Å². The lowest BCUT2D eigenvalue weighted by Crippen LogP contribution is -1.85. The molecule has 0 fully saturated rings. The summed E-state index contributed by atoms with van der Waals surface area (Å²) in [5, 5.41) is 15.7. The third kappa shape index (κ3) is 477. The summed E-state index contributed by atoms with van der Waals surface area (Å²) in [4.78, 5) is 0. The van der Waals surface area contributed by atoms with Crippen molar-refractivity contribution in [2.45, 2.75) is 20.0 Å². The van der Waals surface area contributed by atoms with Crippen molar-refractivity contribution in [1.29, 1.82) is 0 Å². The molecule has 0 saturated heterocycles. The minimum atomic E-state index is -0.167. The maximum Gasteiger partial charge on any atom is 0.103 e. The third-order valence-electron chi connectivity index (χ3n) is 0.0913. The van der Waals surface area contributed by atoms with Crippen molar-refractivity contribution in [3.05, 3.63) is 0 Å². The van der Waals surface area contributed by atoms with Crippen LogP contribution < -0.4 is 0 Å². The van der Waals surface area contributed by atoms with Crippen LogP contribution in [0, 0.1) is 12.3 Å². The molecule has 8 heavy (non-hydrogen) atoms. The second-order valence-corrected chi connectivity index (χ2v) is 1.46. The largest absolute Gasteiger partial charge is 0.394 e. The lowest BCUT2D eigenvalue weighted by atomic mass is 10.5. The average Bonchev–Trinajstić information content (AvgIpc) is 1.65. The van der Waals surface area contributed by atoms with Crippen LogP contribution in [0.2, 0.25) is 0 Å². The molecule has 0 rings (SSSR count). The van der Waals surface area contributed by atoms with E-state index in [-0.39, 0.29) is 12.7 Å². The molecule has 0 heterocycles. The van der Waals surface area contributed by atoms with Gasteiger partial charge in [-0.25, -0.2) is 0 Å². The number of aliphatic hydroxyl groups excluding tert-OH is 2. The molecule has 0 bridgehead atoms. The molecule has 0 atom stereocenters. The molecule has 0 amide bonds. The van der Waals surface area contributed by atoms with Crippen LogP contribution >= 0.6 is 0 Å². The van der Waals surface area contributed by atoms with Gasteiger partial charge in [-0.1, -0.05) is 5.92 Å².